The van der Waals surface area contributed by atoms with Gasteiger partial charge in [0.15, 0.2) is 0 Å². The van der Waals surface area contributed by atoms with E-state index in [0.29, 0.717) is 5.92 Å². The topological polar surface area (TPSA) is 16.1 Å². The van der Waals surface area contributed by atoms with Crippen LogP contribution in [0.1, 0.15) is 50.4 Å². The van der Waals surface area contributed by atoms with Crippen LogP contribution in [0.2, 0.25) is 0 Å². The largest absolute Gasteiger partial charge is 0.301 e. The predicted octanol–water partition coefficient (Wildman–Crippen LogP) is 2.93. The van der Waals surface area contributed by atoms with E-state index in [0.717, 1.165) is 13.1 Å². The molecule has 2 rings (SSSR count). The van der Waals surface area contributed by atoms with E-state index in [1.165, 1.54) is 16.8 Å². The Morgan fingerprint density at radius 2 is 2.06 bits per heavy atom. The molecule has 0 unspecified atom stereocenters. The highest BCUT2D eigenvalue weighted by atomic mass is 15.1. The first kappa shape index (κ1) is 11.6. The van der Waals surface area contributed by atoms with Gasteiger partial charge in [-0.1, -0.05) is 33.8 Å². The average Bonchev–Trinajstić information content (AvgIpc) is 2.14. The van der Waals surface area contributed by atoms with Crippen LogP contribution in [0.5, 0.6) is 0 Å². The molecule has 0 aromatic carbocycles. The van der Waals surface area contributed by atoms with Gasteiger partial charge in [0.1, 0.15) is 0 Å². The number of nitrogens with zero attached hydrogens (tertiary/aromatic N) is 2. The van der Waals surface area contributed by atoms with Crippen molar-refractivity contribution in [3.8, 4) is 0 Å². The third kappa shape index (κ3) is 1.99. The van der Waals surface area contributed by atoms with Crippen LogP contribution in [0, 0.1) is 0 Å². The van der Waals surface area contributed by atoms with Crippen molar-refractivity contribution < 1.29 is 0 Å². The summed E-state index contributed by atoms with van der Waals surface area (Å²) in [6.45, 7) is 11.1. The summed E-state index contributed by atoms with van der Waals surface area (Å²) in [6, 6.07) is 2.34. The molecule has 0 N–H and O–H groups in total. The second kappa shape index (κ2) is 3.85. The highest BCUT2D eigenvalue weighted by Crippen LogP contribution is 2.32. The molecule has 0 spiro atoms. The molecular weight excluding hydrogens is 196 g/mol. The maximum absolute atomic E-state index is 4.70. The lowest BCUT2D eigenvalue weighted by atomic mass is 9.81. The van der Waals surface area contributed by atoms with Crippen molar-refractivity contribution in [1.29, 1.82) is 0 Å². The van der Waals surface area contributed by atoms with Crippen LogP contribution in [0.3, 0.4) is 0 Å². The zero-order valence-electron chi connectivity index (χ0n) is 11.0. The second-order valence-corrected chi connectivity index (χ2v) is 5.99. The van der Waals surface area contributed by atoms with E-state index in [-0.39, 0.29) is 5.41 Å². The minimum atomic E-state index is 0.178. The minimum absolute atomic E-state index is 0.178. The zero-order chi connectivity index (χ0) is 11.9. The number of hydrogen-bond acceptors (Lipinski definition) is 2. The van der Waals surface area contributed by atoms with Crippen molar-refractivity contribution in [2.24, 2.45) is 0 Å². The molecule has 0 aliphatic carbocycles. The molecule has 0 amide bonds. The fourth-order valence-electron chi connectivity index (χ4n) is 2.67. The van der Waals surface area contributed by atoms with Gasteiger partial charge in [0, 0.05) is 24.7 Å². The van der Waals surface area contributed by atoms with Gasteiger partial charge >= 0.3 is 0 Å². The third-order valence-electron chi connectivity index (χ3n) is 3.40. The fourth-order valence-corrected chi connectivity index (χ4v) is 2.67. The van der Waals surface area contributed by atoms with Gasteiger partial charge in [-0.25, -0.2) is 0 Å². The van der Waals surface area contributed by atoms with Crippen molar-refractivity contribution in [3.05, 3.63) is 29.1 Å². The van der Waals surface area contributed by atoms with Crippen molar-refractivity contribution in [2.45, 2.75) is 45.6 Å². The highest BCUT2D eigenvalue weighted by Gasteiger charge is 2.31. The molecule has 1 aliphatic rings. The van der Waals surface area contributed by atoms with Gasteiger partial charge in [-0.15, -0.1) is 0 Å². The third-order valence-corrected chi connectivity index (χ3v) is 3.40. The van der Waals surface area contributed by atoms with Crippen molar-refractivity contribution in [1.82, 2.24) is 9.88 Å². The van der Waals surface area contributed by atoms with Gasteiger partial charge in [0.25, 0.3) is 0 Å². The highest BCUT2D eigenvalue weighted by molar-refractivity contribution is 5.33. The molecule has 0 fully saturated rings. The average molecular weight is 218 g/mol. The lowest BCUT2D eigenvalue weighted by Crippen LogP contribution is -2.40. The second-order valence-electron chi connectivity index (χ2n) is 5.99. The molecule has 0 bridgehead atoms. The molecule has 2 nitrogen and oxygen atoms in total. The Kier molecular flexibility index (Phi) is 2.79. The van der Waals surface area contributed by atoms with Crippen LogP contribution < -0.4 is 0 Å². The first-order valence-electron chi connectivity index (χ1n) is 6.08. The molecule has 0 radical (unpaired) electrons. The number of hydrogen-bond donors (Lipinski definition) is 0. The van der Waals surface area contributed by atoms with Crippen molar-refractivity contribution in [3.63, 3.8) is 0 Å². The zero-order valence-corrected chi connectivity index (χ0v) is 11.0. The molecule has 0 saturated carbocycles. The minimum Gasteiger partial charge on any atom is -0.301 e. The van der Waals surface area contributed by atoms with Crippen molar-refractivity contribution in [2.75, 3.05) is 13.6 Å². The number of aromatic nitrogens is 1. The Morgan fingerprint density at radius 1 is 1.38 bits per heavy atom. The summed E-state index contributed by atoms with van der Waals surface area (Å²) >= 11 is 0. The Morgan fingerprint density at radius 3 is 2.69 bits per heavy atom. The van der Waals surface area contributed by atoms with E-state index in [2.05, 4.69) is 51.9 Å². The van der Waals surface area contributed by atoms with Gasteiger partial charge in [0.2, 0.25) is 0 Å². The van der Waals surface area contributed by atoms with E-state index >= 15 is 0 Å². The first-order valence-corrected chi connectivity index (χ1v) is 6.08. The van der Waals surface area contributed by atoms with Gasteiger partial charge in [-0.2, -0.15) is 0 Å². The van der Waals surface area contributed by atoms with Crippen LogP contribution >= 0.6 is 0 Å². The molecule has 2 heterocycles. The Balaban J connectivity index is 2.47. The maximum atomic E-state index is 4.70. The van der Waals surface area contributed by atoms with Crippen LogP contribution in [-0.4, -0.2) is 23.5 Å². The lowest BCUT2D eigenvalue weighted by Gasteiger charge is -2.37. The molecule has 1 aromatic heterocycles. The molecular formula is C14H22N2. The van der Waals surface area contributed by atoms with E-state index in [4.69, 9.17) is 4.98 Å². The molecule has 1 aliphatic heterocycles. The van der Waals surface area contributed by atoms with Gasteiger partial charge in [-0.3, -0.25) is 4.98 Å². The predicted molar refractivity (Wildman–Crippen MR) is 67.7 cm³/mol. The van der Waals surface area contributed by atoms with Gasteiger partial charge in [0.05, 0.1) is 5.69 Å². The molecule has 2 heteroatoms. The first-order chi connectivity index (χ1) is 7.40. The van der Waals surface area contributed by atoms with E-state index in [9.17, 15) is 0 Å². The van der Waals surface area contributed by atoms with Crippen LogP contribution in [-0.2, 0) is 12.0 Å². The molecule has 1 aromatic rings. The molecule has 16 heavy (non-hydrogen) atoms. The van der Waals surface area contributed by atoms with E-state index < -0.39 is 0 Å². The van der Waals surface area contributed by atoms with E-state index in [1.54, 1.807) is 0 Å². The quantitative estimate of drug-likeness (QED) is 0.720. The molecule has 0 atom stereocenters. The smallest absolute Gasteiger partial charge is 0.0517 e. The summed E-state index contributed by atoms with van der Waals surface area (Å²) in [7, 11) is 2.19. The maximum Gasteiger partial charge on any atom is 0.0517 e. The summed E-state index contributed by atoms with van der Waals surface area (Å²) in [6.07, 6.45) is 2.05. The van der Waals surface area contributed by atoms with Crippen LogP contribution in [0.15, 0.2) is 12.3 Å². The Hall–Kier alpha value is -0.890. The van der Waals surface area contributed by atoms with E-state index in [1.807, 2.05) is 0 Å². The number of fused-ring (bicyclic) bond motifs is 1. The normalized spacial score (nSPS) is 19.9. The summed E-state index contributed by atoms with van der Waals surface area (Å²) in [5.74, 6) is 0.563. The number of rotatable bonds is 1. The van der Waals surface area contributed by atoms with Crippen LogP contribution in [0.4, 0.5) is 0 Å². The fraction of sp³-hybridized carbons (Fsp3) is 0.643. The standard InChI is InChI=1S/C14H22N2/c1-10(2)11-6-12-8-16(5)9-14(3,4)13(12)15-7-11/h6-7,10H,8-9H2,1-5H3. The summed E-state index contributed by atoms with van der Waals surface area (Å²) < 4.78 is 0. The SMILES string of the molecule is CC(C)c1cnc2c(c1)CN(C)CC2(C)C. The van der Waals surface area contributed by atoms with Crippen molar-refractivity contribution >= 4 is 0 Å². The lowest BCUT2D eigenvalue weighted by molar-refractivity contribution is 0.230. The number of pyridine rings is 1. The van der Waals surface area contributed by atoms with Gasteiger partial charge < -0.3 is 4.90 Å². The number of likely N-dealkylation sites (N-methyl/N-ethyl adjacent to an activating group) is 1. The summed E-state index contributed by atoms with van der Waals surface area (Å²) in [5.41, 5.74) is 4.22. The van der Waals surface area contributed by atoms with Crippen LogP contribution in [0.25, 0.3) is 0 Å². The Bertz CT molecular complexity index is 394. The monoisotopic (exact) mass is 218 g/mol. The molecule has 0 saturated heterocycles. The van der Waals surface area contributed by atoms with Gasteiger partial charge in [-0.05, 0) is 24.1 Å². The molecule has 88 valence electrons. The summed E-state index contributed by atoms with van der Waals surface area (Å²) in [4.78, 5) is 7.08. The Labute approximate surface area is 98.7 Å². The summed E-state index contributed by atoms with van der Waals surface area (Å²) in [5, 5.41) is 0.